The fraction of sp³-hybridized carbons (Fsp3) is 0.500. The van der Waals surface area contributed by atoms with Crippen molar-refractivity contribution in [1.82, 2.24) is 4.57 Å². The molecule has 2 nitrogen and oxygen atoms in total. The average Bonchev–Trinajstić information content (AvgIpc) is 2.68. The van der Waals surface area contributed by atoms with E-state index in [4.69, 9.17) is 4.99 Å². The van der Waals surface area contributed by atoms with Crippen LogP contribution in [-0.4, -0.2) is 10.6 Å². The molecule has 1 aliphatic rings. The van der Waals surface area contributed by atoms with Crippen molar-refractivity contribution < 1.29 is 0 Å². The predicted octanol–water partition coefficient (Wildman–Crippen LogP) is 3.47. The van der Waals surface area contributed by atoms with Gasteiger partial charge in [0.25, 0.3) is 0 Å². The molecule has 0 bridgehead atoms. The first-order valence-electron chi connectivity index (χ1n) is 6.43. The van der Waals surface area contributed by atoms with Crippen molar-refractivity contribution in [2.75, 3.05) is 0 Å². The molecule has 0 N–H and O–H groups in total. The molecule has 0 atom stereocenters. The third kappa shape index (κ3) is 2.16. The van der Waals surface area contributed by atoms with Crippen molar-refractivity contribution in [1.29, 1.82) is 0 Å². The number of rotatable bonds is 1. The van der Waals surface area contributed by atoms with Crippen LogP contribution >= 0.6 is 11.3 Å². The molecule has 0 spiro atoms. The Morgan fingerprint density at radius 2 is 1.94 bits per heavy atom. The third-order valence-corrected chi connectivity index (χ3v) is 4.71. The SMILES string of the molecule is Cn1c(=NC2CCCCC2)sc2ccccc21. The Morgan fingerprint density at radius 1 is 1.18 bits per heavy atom. The van der Waals surface area contributed by atoms with Gasteiger partial charge < -0.3 is 4.57 Å². The number of hydrogen-bond acceptors (Lipinski definition) is 2. The van der Waals surface area contributed by atoms with Gasteiger partial charge in [0.1, 0.15) is 0 Å². The van der Waals surface area contributed by atoms with Gasteiger partial charge in [0, 0.05) is 7.05 Å². The lowest BCUT2D eigenvalue weighted by atomic mass is 9.96. The van der Waals surface area contributed by atoms with E-state index in [2.05, 4.69) is 35.9 Å². The Bertz CT molecular complexity index is 573. The molecule has 1 aromatic carbocycles. The quantitative estimate of drug-likeness (QED) is 0.733. The van der Waals surface area contributed by atoms with Crippen LogP contribution in [0.3, 0.4) is 0 Å². The van der Waals surface area contributed by atoms with Gasteiger partial charge >= 0.3 is 0 Å². The summed E-state index contributed by atoms with van der Waals surface area (Å²) < 4.78 is 3.57. The van der Waals surface area contributed by atoms with Crippen LogP contribution in [-0.2, 0) is 7.05 Å². The summed E-state index contributed by atoms with van der Waals surface area (Å²) in [5, 5.41) is 0. The topological polar surface area (TPSA) is 17.3 Å². The lowest BCUT2D eigenvalue weighted by molar-refractivity contribution is 0.435. The van der Waals surface area contributed by atoms with Crippen LogP contribution in [0, 0.1) is 0 Å². The minimum absolute atomic E-state index is 0.558. The highest BCUT2D eigenvalue weighted by Gasteiger charge is 2.12. The Kier molecular flexibility index (Phi) is 3.02. The zero-order chi connectivity index (χ0) is 11.7. The van der Waals surface area contributed by atoms with E-state index in [9.17, 15) is 0 Å². The van der Waals surface area contributed by atoms with Gasteiger partial charge in [0.05, 0.1) is 16.3 Å². The number of aryl methyl sites for hydroxylation is 1. The highest BCUT2D eigenvalue weighted by Crippen LogP contribution is 2.21. The minimum Gasteiger partial charge on any atom is -0.320 e. The molecular weight excluding hydrogens is 228 g/mol. The molecule has 1 saturated carbocycles. The maximum Gasteiger partial charge on any atom is 0.185 e. The molecule has 17 heavy (non-hydrogen) atoms. The molecule has 0 amide bonds. The smallest absolute Gasteiger partial charge is 0.185 e. The van der Waals surface area contributed by atoms with Crippen molar-refractivity contribution in [2.24, 2.45) is 12.0 Å². The second-order valence-electron chi connectivity index (χ2n) is 4.83. The number of para-hydroxylation sites is 1. The Labute approximate surface area is 106 Å². The van der Waals surface area contributed by atoms with Gasteiger partial charge in [-0.1, -0.05) is 42.7 Å². The highest BCUT2D eigenvalue weighted by molar-refractivity contribution is 7.16. The van der Waals surface area contributed by atoms with Crippen LogP contribution < -0.4 is 4.80 Å². The van der Waals surface area contributed by atoms with Gasteiger partial charge in [-0.3, -0.25) is 4.99 Å². The summed E-state index contributed by atoms with van der Waals surface area (Å²) in [6, 6.07) is 9.11. The van der Waals surface area contributed by atoms with Gasteiger partial charge in [0.15, 0.2) is 4.80 Å². The maximum absolute atomic E-state index is 4.94. The molecule has 1 fully saturated rings. The Balaban J connectivity index is 2.04. The van der Waals surface area contributed by atoms with E-state index in [1.165, 1.54) is 47.1 Å². The van der Waals surface area contributed by atoms with Crippen LogP contribution in [0.4, 0.5) is 0 Å². The van der Waals surface area contributed by atoms with Gasteiger partial charge in [0.2, 0.25) is 0 Å². The van der Waals surface area contributed by atoms with Crippen molar-refractivity contribution >= 4 is 21.6 Å². The molecule has 0 aliphatic heterocycles. The van der Waals surface area contributed by atoms with E-state index in [1.807, 2.05) is 11.3 Å². The minimum atomic E-state index is 0.558. The van der Waals surface area contributed by atoms with Gasteiger partial charge in [-0.25, -0.2) is 0 Å². The lowest BCUT2D eigenvalue weighted by Crippen LogP contribution is -2.18. The summed E-state index contributed by atoms with van der Waals surface area (Å²) in [5.74, 6) is 0. The summed E-state index contributed by atoms with van der Waals surface area (Å²) in [5.41, 5.74) is 1.30. The molecule has 1 aliphatic carbocycles. The molecule has 90 valence electrons. The van der Waals surface area contributed by atoms with E-state index in [0.717, 1.165) is 0 Å². The number of aromatic nitrogens is 1. The third-order valence-electron chi connectivity index (χ3n) is 3.58. The van der Waals surface area contributed by atoms with Crippen molar-refractivity contribution in [3.8, 4) is 0 Å². The summed E-state index contributed by atoms with van der Waals surface area (Å²) >= 11 is 1.81. The first kappa shape index (κ1) is 11.0. The number of thiazole rings is 1. The average molecular weight is 246 g/mol. The number of hydrogen-bond donors (Lipinski definition) is 0. The lowest BCUT2D eigenvalue weighted by Gasteiger charge is -2.16. The molecule has 1 heterocycles. The van der Waals surface area contributed by atoms with Crippen LogP contribution in [0.25, 0.3) is 10.2 Å². The molecule has 2 aromatic rings. The molecular formula is C14H18N2S. The van der Waals surface area contributed by atoms with E-state index in [-0.39, 0.29) is 0 Å². The van der Waals surface area contributed by atoms with E-state index in [0.29, 0.717) is 6.04 Å². The number of nitrogens with zero attached hydrogens (tertiary/aromatic N) is 2. The largest absolute Gasteiger partial charge is 0.320 e. The second kappa shape index (κ2) is 4.65. The molecule has 3 heteroatoms. The Morgan fingerprint density at radius 3 is 2.71 bits per heavy atom. The summed E-state index contributed by atoms with van der Waals surface area (Å²) in [6.07, 6.45) is 6.64. The van der Waals surface area contributed by atoms with Gasteiger partial charge in [-0.15, -0.1) is 0 Å². The van der Waals surface area contributed by atoms with Crippen molar-refractivity contribution in [3.05, 3.63) is 29.1 Å². The Hall–Kier alpha value is -1.09. The number of benzene rings is 1. The van der Waals surface area contributed by atoms with E-state index >= 15 is 0 Å². The van der Waals surface area contributed by atoms with Gasteiger partial charge in [-0.05, 0) is 25.0 Å². The van der Waals surface area contributed by atoms with Crippen LogP contribution in [0.2, 0.25) is 0 Å². The van der Waals surface area contributed by atoms with E-state index in [1.54, 1.807) is 0 Å². The zero-order valence-electron chi connectivity index (χ0n) is 10.2. The summed E-state index contributed by atoms with van der Waals surface area (Å²) in [6.45, 7) is 0. The first-order valence-corrected chi connectivity index (χ1v) is 7.24. The molecule has 1 aromatic heterocycles. The molecule has 0 unspecified atom stereocenters. The second-order valence-corrected chi connectivity index (χ2v) is 5.84. The fourth-order valence-electron chi connectivity index (χ4n) is 2.57. The first-order chi connectivity index (χ1) is 8.34. The van der Waals surface area contributed by atoms with E-state index < -0.39 is 0 Å². The zero-order valence-corrected chi connectivity index (χ0v) is 11.0. The normalized spacial score (nSPS) is 19.0. The van der Waals surface area contributed by atoms with Gasteiger partial charge in [-0.2, -0.15) is 0 Å². The van der Waals surface area contributed by atoms with Crippen molar-refractivity contribution in [3.63, 3.8) is 0 Å². The molecule has 3 rings (SSSR count). The van der Waals surface area contributed by atoms with Crippen LogP contribution in [0.1, 0.15) is 32.1 Å². The fourth-order valence-corrected chi connectivity index (χ4v) is 3.66. The highest BCUT2D eigenvalue weighted by atomic mass is 32.1. The standard InChI is InChI=1S/C14H18N2S/c1-16-12-9-5-6-10-13(12)17-14(16)15-11-7-3-2-4-8-11/h5-6,9-11H,2-4,7-8H2,1H3. The number of fused-ring (bicyclic) bond motifs is 1. The predicted molar refractivity (Wildman–Crippen MR) is 73.2 cm³/mol. The van der Waals surface area contributed by atoms with Crippen molar-refractivity contribution in [2.45, 2.75) is 38.1 Å². The summed E-state index contributed by atoms with van der Waals surface area (Å²) in [4.78, 5) is 6.12. The van der Waals surface area contributed by atoms with Crippen LogP contribution in [0.5, 0.6) is 0 Å². The van der Waals surface area contributed by atoms with Crippen LogP contribution in [0.15, 0.2) is 29.3 Å². The monoisotopic (exact) mass is 246 g/mol. The summed E-state index contributed by atoms with van der Waals surface area (Å²) in [7, 11) is 2.13. The maximum atomic E-state index is 4.94. The molecule has 0 radical (unpaired) electrons. The molecule has 0 saturated heterocycles.